The molecule has 1 saturated carbocycles. The quantitative estimate of drug-likeness (QED) is 0.680. The standard InChI is InChI=1S/C9H12N4/c10-9-11-5-6-3-4-13(7-1-2-7)8(6)12-9/h5,7H,1-4H2,(H2,10,11,12). The van der Waals surface area contributed by atoms with Crippen molar-refractivity contribution in [2.24, 2.45) is 0 Å². The van der Waals surface area contributed by atoms with Gasteiger partial charge in [0.25, 0.3) is 0 Å². The number of nitrogens with zero attached hydrogens (tertiary/aromatic N) is 3. The van der Waals surface area contributed by atoms with Crippen LogP contribution in [0.1, 0.15) is 18.4 Å². The van der Waals surface area contributed by atoms with E-state index in [1.807, 2.05) is 6.20 Å². The van der Waals surface area contributed by atoms with Crippen molar-refractivity contribution in [1.82, 2.24) is 9.97 Å². The molecular weight excluding hydrogens is 164 g/mol. The number of aromatic nitrogens is 2. The Labute approximate surface area is 76.8 Å². The van der Waals surface area contributed by atoms with Crippen molar-refractivity contribution >= 4 is 11.8 Å². The monoisotopic (exact) mass is 176 g/mol. The Morgan fingerprint density at radius 2 is 2.31 bits per heavy atom. The van der Waals surface area contributed by atoms with E-state index in [2.05, 4.69) is 14.9 Å². The summed E-state index contributed by atoms with van der Waals surface area (Å²) in [6.07, 6.45) is 5.55. The maximum absolute atomic E-state index is 5.56. The smallest absolute Gasteiger partial charge is 0.221 e. The molecule has 2 heterocycles. The number of nitrogen functional groups attached to an aromatic ring is 1. The molecule has 0 unspecified atom stereocenters. The Hall–Kier alpha value is -1.32. The Kier molecular flexibility index (Phi) is 1.28. The normalized spacial score (nSPS) is 20.5. The van der Waals surface area contributed by atoms with Crippen LogP contribution < -0.4 is 10.6 Å². The molecule has 13 heavy (non-hydrogen) atoms. The second-order valence-corrected chi connectivity index (χ2v) is 3.75. The van der Waals surface area contributed by atoms with Crippen LogP contribution >= 0.6 is 0 Å². The second kappa shape index (κ2) is 2.34. The van der Waals surface area contributed by atoms with Gasteiger partial charge in [0, 0.05) is 24.3 Å². The van der Waals surface area contributed by atoms with Gasteiger partial charge in [-0.15, -0.1) is 0 Å². The second-order valence-electron chi connectivity index (χ2n) is 3.75. The van der Waals surface area contributed by atoms with Crippen molar-refractivity contribution < 1.29 is 0 Å². The van der Waals surface area contributed by atoms with Crippen LogP contribution in [-0.4, -0.2) is 22.6 Å². The van der Waals surface area contributed by atoms with Crippen molar-refractivity contribution in [1.29, 1.82) is 0 Å². The zero-order valence-electron chi connectivity index (χ0n) is 7.40. The largest absolute Gasteiger partial charge is 0.368 e. The summed E-state index contributed by atoms with van der Waals surface area (Å²) in [6, 6.07) is 0.732. The van der Waals surface area contributed by atoms with E-state index in [1.165, 1.54) is 18.4 Å². The molecule has 1 aliphatic heterocycles. The highest BCUT2D eigenvalue weighted by Gasteiger charge is 2.34. The predicted molar refractivity (Wildman–Crippen MR) is 50.5 cm³/mol. The van der Waals surface area contributed by atoms with Crippen molar-refractivity contribution in [2.45, 2.75) is 25.3 Å². The molecule has 3 rings (SSSR count). The molecule has 1 aliphatic carbocycles. The zero-order chi connectivity index (χ0) is 8.84. The third-order valence-electron chi connectivity index (χ3n) is 2.74. The summed E-state index contributed by atoms with van der Waals surface area (Å²) in [5.41, 5.74) is 6.82. The van der Waals surface area contributed by atoms with Gasteiger partial charge in [-0.05, 0) is 19.3 Å². The third-order valence-corrected chi connectivity index (χ3v) is 2.74. The van der Waals surface area contributed by atoms with Crippen molar-refractivity contribution in [3.8, 4) is 0 Å². The van der Waals surface area contributed by atoms with Gasteiger partial charge in [0.1, 0.15) is 5.82 Å². The Balaban J connectivity index is 2.03. The van der Waals surface area contributed by atoms with Crippen LogP contribution in [0, 0.1) is 0 Å². The molecule has 2 aliphatic rings. The Morgan fingerprint density at radius 3 is 3.08 bits per heavy atom. The topological polar surface area (TPSA) is 55.0 Å². The molecule has 4 nitrogen and oxygen atoms in total. The molecule has 1 aromatic rings. The van der Waals surface area contributed by atoms with E-state index >= 15 is 0 Å². The summed E-state index contributed by atoms with van der Waals surface area (Å²) in [5.74, 6) is 1.47. The number of fused-ring (bicyclic) bond motifs is 1. The van der Waals surface area contributed by atoms with Crippen molar-refractivity contribution in [3.63, 3.8) is 0 Å². The molecule has 0 bridgehead atoms. The molecule has 2 N–H and O–H groups in total. The van der Waals surface area contributed by atoms with Gasteiger partial charge in [0.15, 0.2) is 0 Å². The minimum Gasteiger partial charge on any atom is -0.368 e. The summed E-state index contributed by atoms with van der Waals surface area (Å²) in [6.45, 7) is 1.10. The van der Waals surface area contributed by atoms with Gasteiger partial charge in [-0.1, -0.05) is 0 Å². The molecule has 68 valence electrons. The molecule has 0 atom stereocenters. The number of anilines is 2. The first kappa shape index (κ1) is 7.12. The molecule has 1 fully saturated rings. The van der Waals surface area contributed by atoms with Gasteiger partial charge >= 0.3 is 0 Å². The lowest BCUT2D eigenvalue weighted by atomic mass is 10.3. The minimum atomic E-state index is 0.395. The third kappa shape index (κ3) is 1.05. The lowest BCUT2D eigenvalue weighted by Gasteiger charge is -2.16. The van der Waals surface area contributed by atoms with Gasteiger partial charge in [-0.2, -0.15) is 4.98 Å². The average molecular weight is 176 g/mol. The van der Waals surface area contributed by atoms with Crippen LogP contribution in [0.15, 0.2) is 6.20 Å². The van der Waals surface area contributed by atoms with Gasteiger partial charge in [0.2, 0.25) is 5.95 Å². The molecule has 1 aromatic heterocycles. The first-order valence-corrected chi connectivity index (χ1v) is 4.72. The zero-order valence-corrected chi connectivity index (χ0v) is 7.40. The predicted octanol–water partition coefficient (Wildman–Crippen LogP) is 0.584. The SMILES string of the molecule is Nc1ncc2c(n1)N(C1CC1)CC2. The van der Waals surface area contributed by atoms with Crippen LogP contribution in [0.2, 0.25) is 0 Å². The van der Waals surface area contributed by atoms with E-state index in [0.717, 1.165) is 24.8 Å². The van der Waals surface area contributed by atoms with Crippen molar-refractivity contribution in [3.05, 3.63) is 11.8 Å². The van der Waals surface area contributed by atoms with Crippen LogP contribution in [0.3, 0.4) is 0 Å². The summed E-state index contributed by atoms with van der Waals surface area (Å²) in [4.78, 5) is 10.7. The van der Waals surface area contributed by atoms with Gasteiger partial charge in [0.05, 0.1) is 0 Å². The van der Waals surface area contributed by atoms with Crippen LogP contribution in [0.25, 0.3) is 0 Å². The highest BCUT2D eigenvalue weighted by Crippen LogP contribution is 2.36. The first-order chi connectivity index (χ1) is 6.34. The highest BCUT2D eigenvalue weighted by atomic mass is 15.3. The number of hydrogen-bond donors (Lipinski definition) is 1. The maximum atomic E-state index is 5.56. The molecule has 0 amide bonds. The fraction of sp³-hybridized carbons (Fsp3) is 0.556. The van der Waals surface area contributed by atoms with E-state index in [9.17, 15) is 0 Å². The summed E-state index contributed by atoms with van der Waals surface area (Å²) < 4.78 is 0. The van der Waals surface area contributed by atoms with E-state index < -0.39 is 0 Å². The van der Waals surface area contributed by atoms with Crippen molar-refractivity contribution in [2.75, 3.05) is 17.2 Å². The minimum absolute atomic E-state index is 0.395. The Morgan fingerprint density at radius 1 is 1.46 bits per heavy atom. The van der Waals surface area contributed by atoms with Crippen LogP contribution in [-0.2, 0) is 6.42 Å². The summed E-state index contributed by atoms with van der Waals surface area (Å²) in [5, 5.41) is 0. The number of nitrogens with two attached hydrogens (primary N) is 1. The average Bonchev–Trinajstić information content (AvgIpc) is 2.87. The molecule has 4 heteroatoms. The fourth-order valence-corrected chi connectivity index (χ4v) is 1.92. The summed E-state index contributed by atoms with van der Waals surface area (Å²) in [7, 11) is 0. The fourth-order valence-electron chi connectivity index (χ4n) is 1.92. The Bertz CT molecular complexity index is 345. The summed E-state index contributed by atoms with van der Waals surface area (Å²) >= 11 is 0. The molecule has 0 aromatic carbocycles. The first-order valence-electron chi connectivity index (χ1n) is 4.72. The van der Waals surface area contributed by atoms with E-state index in [4.69, 9.17) is 5.73 Å². The van der Waals surface area contributed by atoms with Crippen LogP contribution in [0.5, 0.6) is 0 Å². The number of hydrogen-bond acceptors (Lipinski definition) is 4. The molecule has 0 spiro atoms. The van der Waals surface area contributed by atoms with E-state index in [0.29, 0.717) is 5.95 Å². The maximum Gasteiger partial charge on any atom is 0.221 e. The highest BCUT2D eigenvalue weighted by molar-refractivity contribution is 5.54. The van der Waals surface area contributed by atoms with Crippen LogP contribution in [0.4, 0.5) is 11.8 Å². The molecule has 0 saturated heterocycles. The molecule has 0 radical (unpaired) electrons. The lowest BCUT2D eigenvalue weighted by molar-refractivity contribution is 0.821. The van der Waals surface area contributed by atoms with E-state index in [1.54, 1.807) is 0 Å². The lowest BCUT2D eigenvalue weighted by Crippen LogP contribution is -2.23. The van der Waals surface area contributed by atoms with Gasteiger partial charge in [-0.3, -0.25) is 0 Å². The van der Waals surface area contributed by atoms with Gasteiger partial charge in [-0.25, -0.2) is 4.98 Å². The molecular formula is C9H12N4. The number of rotatable bonds is 1. The van der Waals surface area contributed by atoms with Gasteiger partial charge < -0.3 is 10.6 Å². The van der Waals surface area contributed by atoms with E-state index in [-0.39, 0.29) is 0 Å².